The molecule has 17 heavy (non-hydrogen) atoms. The zero-order valence-corrected chi connectivity index (χ0v) is 11.6. The number of hydrogen-bond acceptors (Lipinski definition) is 2. The van der Waals surface area contributed by atoms with Crippen molar-refractivity contribution in [2.75, 3.05) is 6.54 Å². The van der Waals surface area contributed by atoms with Gasteiger partial charge < -0.3 is 5.32 Å². The number of nitrogens with zero attached hydrogens (tertiary/aromatic N) is 2. The molecule has 0 saturated carbocycles. The average molecular weight is 294 g/mol. The van der Waals surface area contributed by atoms with Gasteiger partial charge in [-0.3, -0.25) is 4.68 Å². The molecule has 0 aliphatic carbocycles. The van der Waals surface area contributed by atoms with E-state index in [0.717, 1.165) is 16.7 Å². The van der Waals surface area contributed by atoms with Crippen molar-refractivity contribution in [2.45, 2.75) is 13.0 Å². The van der Waals surface area contributed by atoms with Crippen molar-refractivity contribution in [1.82, 2.24) is 15.1 Å². The minimum atomic E-state index is 0.152. The van der Waals surface area contributed by atoms with E-state index in [2.05, 4.69) is 45.4 Å². The van der Waals surface area contributed by atoms with Crippen molar-refractivity contribution in [2.24, 2.45) is 7.05 Å². The number of halogens is 1. The van der Waals surface area contributed by atoms with Crippen LogP contribution in [0, 0.1) is 0 Å². The van der Waals surface area contributed by atoms with Gasteiger partial charge in [-0.1, -0.05) is 35.0 Å². The maximum atomic E-state index is 4.47. The van der Waals surface area contributed by atoms with E-state index >= 15 is 0 Å². The third kappa shape index (κ3) is 2.96. The topological polar surface area (TPSA) is 29.9 Å². The summed E-state index contributed by atoms with van der Waals surface area (Å²) in [5, 5.41) is 7.93. The molecule has 0 aliphatic heterocycles. The Labute approximate surface area is 110 Å². The Morgan fingerprint density at radius 3 is 2.82 bits per heavy atom. The lowest BCUT2D eigenvalue weighted by atomic mass is 10.0. The molecule has 1 unspecified atom stereocenters. The van der Waals surface area contributed by atoms with Crippen LogP contribution in [0.15, 0.2) is 41.0 Å². The summed E-state index contributed by atoms with van der Waals surface area (Å²) in [6.45, 7) is 3.02. The Bertz CT molecular complexity index is 493. The molecule has 0 amide bonds. The Morgan fingerprint density at radius 2 is 2.24 bits per heavy atom. The van der Waals surface area contributed by atoms with Crippen molar-refractivity contribution in [3.05, 3.63) is 52.3 Å². The van der Waals surface area contributed by atoms with Gasteiger partial charge in [0.25, 0.3) is 0 Å². The van der Waals surface area contributed by atoms with Crippen LogP contribution in [0.3, 0.4) is 0 Å². The summed E-state index contributed by atoms with van der Waals surface area (Å²) >= 11 is 3.51. The Kier molecular flexibility index (Phi) is 3.97. The second kappa shape index (κ2) is 5.47. The Morgan fingerprint density at radius 1 is 1.41 bits per heavy atom. The predicted octanol–water partition coefficient (Wildman–Crippen LogP) is 2.88. The fourth-order valence-electron chi connectivity index (χ4n) is 1.87. The summed E-state index contributed by atoms with van der Waals surface area (Å²) in [6, 6.07) is 10.5. The number of nitrogens with one attached hydrogen (secondary N) is 1. The van der Waals surface area contributed by atoms with Gasteiger partial charge in [-0.2, -0.15) is 5.10 Å². The minimum Gasteiger partial charge on any atom is -0.305 e. The molecule has 2 rings (SSSR count). The van der Waals surface area contributed by atoms with Crippen LogP contribution in [-0.4, -0.2) is 16.3 Å². The molecular formula is C13H16BrN3. The van der Waals surface area contributed by atoms with Gasteiger partial charge in [0.15, 0.2) is 0 Å². The first kappa shape index (κ1) is 12.3. The molecule has 1 aromatic heterocycles. The quantitative estimate of drug-likeness (QED) is 0.939. The highest BCUT2D eigenvalue weighted by atomic mass is 79.9. The molecule has 1 atom stereocenters. The summed E-state index contributed by atoms with van der Waals surface area (Å²) in [4.78, 5) is 0. The van der Waals surface area contributed by atoms with Crippen molar-refractivity contribution in [3.63, 3.8) is 0 Å². The van der Waals surface area contributed by atoms with Crippen LogP contribution in [0.4, 0.5) is 0 Å². The molecule has 0 radical (unpaired) electrons. The van der Waals surface area contributed by atoms with E-state index in [1.165, 1.54) is 5.56 Å². The molecule has 0 aliphatic rings. The van der Waals surface area contributed by atoms with Gasteiger partial charge in [0.1, 0.15) is 0 Å². The van der Waals surface area contributed by atoms with E-state index in [-0.39, 0.29) is 6.04 Å². The van der Waals surface area contributed by atoms with Gasteiger partial charge in [-0.25, -0.2) is 0 Å². The SMILES string of the molecule is CCNC(c1cccc(Br)c1)c1ccn(C)n1. The molecular weight excluding hydrogens is 278 g/mol. The highest BCUT2D eigenvalue weighted by Crippen LogP contribution is 2.23. The fourth-order valence-corrected chi connectivity index (χ4v) is 2.29. The zero-order valence-electron chi connectivity index (χ0n) is 10.0. The van der Waals surface area contributed by atoms with Crippen LogP contribution in [-0.2, 0) is 7.05 Å². The molecule has 3 nitrogen and oxygen atoms in total. The molecule has 1 aromatic carbocycles. The number of rotatable bonds is 4. The second-order valence-corrected chi connectivity index (χ2v) is 4.88. The van der Waals surface area contributed by atoms with E-state index in [1.807, 2.05) is 36.1 Å². The molecule has 0 spiro atoms. The molecule has 0 saturated heterocycles. The van der Waals surface area contributed by atoms with E-state index in [1.54, 1.807) is 0 Å². The lowest BCUT2D eigenvalue weighted by Crippen LogP contribution is -2.22. The van der Waals surface area contributed by atoms with E-state index in [4.69, 9.17) is 0 Å². The number of aryl methyl sites for hydroxylation is 1. The van der Waals surface area contributed by atoms with Crippen molar-refractivity contribution in [3.8, 4) is 0 Å². The summed E-state index contributed by atoms with van der Waals surface area (Å²) < 4.78 is 2.92. The molecule has 0 bridgehead atoms. The third-order valence-corrected chi connectivity index (χ3v) is 3.11. The number of aromatic nitrogens is 2. The number of hydrogen-bond donors (Lipinski definition) is 1. The number of benzene rings is 1. The van der Waals surface area contributed by atoms with Gasteiger partial charge in [0.2, 0.25) is 0 Å². The molecule has 2 aromatic rings. The summed E-state index contributed by atoms with van der Waals surface area (Å²) in [6.07, 6.45) is 1.97. The lowest BCUT2D eigenvalue weighted by Gasteiger charge is -2.16. The smallest absolute Gasteiger partial charge is 0.0839 e. The minimum absolute atomic E-state index is 0.152. The first-order chi connectivity index (χ1) is 8.20. The first-order valence-electron chi connectivity index (χ1n) is 5.69. The van der Waals surface area contributed by atoms with Gasteiger partial charge in [-0.15, -0.1) is 0 Å². The predicted molar refractivity (Wildman–Crippen MR) is 72.9 cm³/mol. The van der Waals surface area contributed by atoms with Gasteiger partial charge in [0, 0.05) is 17.7 Å². The lowest BCUT2D eigenvalue weighted by molar-refractivity contribution is 0.599. The van der Waals surface area contributed by atoms with Crippen LogP contribution in [0.5, 0.6) is 0 Å². The summed E-state index contributed by atoms with van der Waals surface area (Å²) in [5.41, 5.74) is 2.27. The monoisotopic (exact) mass is 293 g/mol. The second-order valence-electron chi connectivity index (χ2n) is 3.96. The molecule has 90 valence electrons. The first-order valence-corrected chi connectivity index (χ1v) is 6.48. The van der Waals surface area contributed by atoms with Crippen LogP contribution in [0.2, 0.25) is 0 Å². The summed E-state index contributed by atoms with van der Waals surface area (Å²) in [5.74, 6) is 0. The standard InChI is InChI=1S/C13H16BrN3/c1-3-15-13(12-7-8-17(2)16-12)10-5-4-6-11(14)9-10/h4-9,13,15H,3H2,1-2H3. The summed E-state index contributed by atoms with van der Waals surface area (Å²) in [7, 11) is 1.94. The molecule has 0 fully saturated rings. The van der Waals surface area contributed by atoms with Crippen LogP contribution >= 0.6 is 15.9 Å². The van der Waals surface area contributed by atoms with Gasteiger partial charge in [-0.05, 0) is 30.3 Å². The molecule has 1 heterocycles. The normalized spacial score (nSPS) is 12.6. The highest BCUT2D eigenvalue weighted by Gasteiger charge is 2.15. The Hall–Kier alpha value is -1.13. The molecule has 4 heteroatoms. The third-order valence-electron chi connectivity index (χ3n) is 2.62. The zero-order chi connectivity index (χ0) is 12.3. The molecule has 1 N–H and O–H groups in total. The van der Waals surface area contributed by atoms with Crippen LogP contribution in [0.1, 0.15) is 24.2 Å². The van der Waals surface area contributed by atoms with Crippen LogP contribution < -0.4 is 5.32 Å². The van der Waals surface area contributed by atoms with Crippen LogP contribution in [0.25, 0.3) is 0 Å². The van der Waals surface area contributed by atoms with Gasteiger partial charge in [0.05, 0.1) is 11.7 Å². The van der Waals surface area contributed by atoms with Gasteiger partial charge >= 0.3 is 0 Å². The van der Waals surface area contributed by atoms with Crippen molar-refractivity contribution in [1.29, 1.82) is 0 Å². The van der Waals surface area contributed by atoms with E-state index in [9.17, 15) is 0 Å². The van der Waals surface area contributed by atoms with E-state index in [0.29, 0.717) is 0 Å². The van der Waals surface area contributed by atoms with E-state index < -0.39 is 0 Å². The highest BCUT2D eigenvalue weighted by molar-refractivity contribution is 9.10. The fraction of sp³-hybridized carbons (Fsp3) is 0.308. The largest absolute Gasteiger partial charge is 0.305 e. The maximum Gasteiger partial charge on any atom is 0.0839 e. The van der Waals surface area contributed by atoms with Crippen molar-refractivity contribution < 1.29 is 0 Å². The van der Waals surface area contributed by atoms with Crippen molar-refractivity contribution >= 4 is 15.9 Å². The maximum absolute atomic E-state index is 4.47. The Balaban J connectivity index is 2.35. The average Bonchev–Trinajstić information content (AvgIpc) is 2.72.